The number of imidazole rings is 1. The van der Waals surface area contributed by atoms with Gasteiger partial charge in [0, 0.05) is 19.0 Å². The molecular weight excluding hydrogens is 364 g/mol. The van der Waals surface area contributed by atoms with E-state index in [1.807, 2.05) is 0 Å². The van der Waals surface area contributed by atoms with Crippen LogP contribution in [0.1, 0.15) is 49.0 Å². The smallest absolute Gasteiger partial charge is 0.272 e. The Bertz CT molecular complexity index is 885. The fraction of sp³-hybridized carbons (Fsp3) is 0.579. The van der Waals surface area contributed by atoms with Crippen molar-refractivity contribution in [3.05, 3.63) is 30.1 Å². The largest absolute Gasteiger partial charge is 0.351 e. The van der Waals surface area contributed by atoms with E-state index in [9.17, 15) is 13.2 Å². The van der Waals surface area contributed by atoms with Crippen LogP contribution in [0, 0.1) is 0 Å². The number of fused-ring (bicyclic) bond motifs is 1. The lowest BCUT2D eigenvalue weighted by atomic mass is 10.1. The molecule has 7 nitrogen and oxygen atoms in total. The highest BCUT2D eigenvalue weighted by atomic mass is 32.2. The van der Waals surface area contributed by atoms with Crippen LogP contribution in [0.3, 0.4) is 0 Å². The van der Waals surface area contributed by atoms with Crippen LogP contribution < -0.4 is 5.32 Å². The first-order chi connectivity index (χ1) is 13.0. The van der Waals surface area contributed by atoms with Crippen LogP contribution in [0.25, 0.3) is 5.52 Å². The number of amides is 1. The SMILES string of the molecule is CS(=O)(=O)c1nc(C(=O)NCCCCCN2CCCCC2)c2ccccn12. The molecule has 0 saturated carbocycles. The van der Waals surface area contributed by atoms with Gasteiger partial charge < -0.3 is 10.2 Å². The van der Waals surface area contributed by atoms with E-state index in [-0.39, 0.29) is 16.8 Å². The number of hydrogen-bond donors (Lipinski definition) is 1. The third kappa shape index (κ3) is 5.07. The van der Waals surface area contributed by atoms with E-state index in [1.54, 1.807) is 24.4 Å². The van der Waals surface area contributed by atoms with Gasteiger partial charge in [-0.1, -0.05) is 18.9 Å². The Hall–Kier alpha value is -1.93. The highest BCUT2D eigenvalue weighted by molar-refractivity contribution is 7.90. The fourth-order valence-corrected chi connectivity index (χ4v) is 4.32. The summed E-state index contributed by atoms with van der Waals surface area (Å²) in [5, 5.41) is 2.76. The van der Waals surface area contributed by atoms with E-state index < -0.39 is 9.84 Å². The maximum atomic E-state index is 12.5. The molecule has 1 fully saturated rings. The van der Waals surface area contributed by atoms with Crippen LogP contribution in [0.15, 0.2) is 29.6 Å². The third-order valence-electron chi connectivity index (χ3n) is 4.95. The molecule has 1 saturated heterocycles. The molecule has 0 unspecified atom stereocenters. The molecule has 148 valence electrons. The zero-order chi connectivity index (χ0) is 19.3. The van der Waals surface area contributed by atoms with Gasteiger partial charge >= 0.3 is 0 Å². The number of piperidine rings is 1. The van der Waals surface area contributed by atoms with E-state index in [1.165, 1.54) is 36.8 Å². The molecule has 2 aromatic rings. The van der Waals surface area contributed by atoms with Crippen LogP contribution in [0.5, 0.6) is 0 Å². The van der Waals surface area contributed by atoms with E-state index in [4.69, 9.17) is 0 Å². The van der Waals surface area contributed by atoms with Crippen molar-refractivity contribution < 1.29 is 13.2 Å². The van der Waals surface area contributed by atoms with Crippen LogP contribution >= 0.6 is 0 Å². The second-order valence-electron chi connectivity index (χ2n) is 7.19. The van der Waals surface area contributed by atoms with E-state index in [2.05, 4.69) is 15.2 Å². The number of nitrogens with one attached hydrogen (secondary N) is 1. The minimum Gasteiger partial charge on any atom is -0.351 e. The van der Waals surface area contributed by atoms with Crippen molar-refractivity contribution in [2.75, 3.05) is 32.4 Å². The van der Waals surface area contributed by atoms with Gasteiger partial charge in [-0.05, 0) is 57.5 Å². The van der Waals surface area contributed by atoms with Crippen LogP contribution in [-0.4, -0.2) is 61.0 Å². The molecule has 3 heterocycles. The summed E-state index contributed by atoms with van der Waals surface area (Å²) in [6.07, 6.45) is 9.79. The quantitative estimate of drug-likeness (QED) is 0.696. The van der Waals surface area contributed by atoms with Crippen molar-refractivity contribution in [2.45, 2.75) is 43.7 Å². The van der Waals surface area contributed by atoms with Gasteiger partial charge in [0.05, 0.1) is 5.52 Å². The minimum atomic E-state index is -3.52. The van der Waals surface area contributed by atoms with Crippen molar-refractivity contribution in [1.82, 2.24) is 19.6 Å². The van der Waals surface area contributed by atoms with Crippen molar-refractivity contribution in [3.8, 4) is 0 Å². The van der Waals surface area contributed by atoms with Gasteiger partial charge in [-0.25, -0.2) is 13.4 Å². The second kappa shape index (κ2) is 8.84. The number of nitrogens with zero attached hydrogens (tertiary/aromatic N) is 3. The Morgan fingerprint density at radius 3 is 2.67 bits per heavy atom. The average Bonchev–Trinajstić information content (AvgIpc) is 3.05. The summed E-state index contributed by atoms with van der Waals surface area (Å²) in [6.45, 7) is 4.13. The summed E-state index contributed by atoms with van der Waals surface area (Å²) >= 11 is 0. The number of rotatable bonds is 8. The van der Waals surface area contributed by atoms with Crippen molar-refractivity contribution >= 4 is 21.3 Å². The monoisotopic (exact) mass is 392 g/mol. The van der Waals surface area contributed by atoms with Gasteiger partial charge in [-0.2, -0.15) is 0 Å². The summed E-state index contributed by atoms with van der Waals surface area (Å²) < 4.78 is 25.3. The Morgan fingerprint density at radius 2 is 1.93 bits per heavy atom. The van der Waals surface area contributed by atoms with E-state index in [0.717, 1.165) is 32.1 Å². The second-order valence-corrected chi connectivity index (χ2v) is 9.10. The summed E-state index contributed by atoms with van der Waals surface area (Å²) in [5.74, 6) is -0.329. The third-order valence-corrected chi connectivity index (χ3v) is 5.90. The van der Waals surface area contributed by atoms with Gasteiger partial charge in [-0.15, -0.1) is 0 Å². The topological polar surface area (TPSA) is 83.8 Å². The number of aromatic nitrogens is 2. The summed E-state index contributed by atoms with van der Waals surface area (Å²) in [6, 6.07) is 5.18. The molecule has 1 aliphatic rings. The van der Waals surface area contributed by atoms with Gasteiger partial charge in [0.1, 0.15) is 0 Å². The Labute approximate surface area is 160 Å². The summed E-state index contributed by atoms with van der Waals surface area (Å²) in [4.78, 5) is 19.1. The first-order valence-electron chi connectivity index (χ1n) is 9.64. The summed E-state index contributed by atoms with van der Waals surface area (Å²) in [5.41, 5.74) is 0.657. The number of likely N-dealkylation sites (tertiary alicyclic amines) is 1. The molecule has 1 aliphatic heterocycles. The maximum Gasteiger partial charge on any atom is 0.272 e. The zero-order valence-corrected chi connectivity index (χ0v) is 16.7. The highest BCUT2D eigenvalue weighted by Gasteiger charge is 2.22. The van der Waals surface area contributed by atoms with Crippen molar-refractivity contribution in [2.24, 2.45) is 0 Å². The number of unbranched alkanes of at least 4 members (excludes halogenated alkanes) is 2. The lowest BCUT2D eigenvalue weighted by molar-refractivity contribution is 0.0949. The zero-order valence-electron chi connectivity index (χ0n) is 15.9. The Balaban J connectivity index is 1.51. The Kier molecular flexibility index (Phi) is 6.49. The minimum absolute atomic E-state index is 0.107. The van der Waals surface area contributed by atoms with Crippen molar-refractivity contribution in [1.29, 1.82) is 0 Å². The molecule has 2 aromatic heterocycles. The molecule has 3 rings (SSSR count). The highest BCUT2D eigenvalue weighted by Crippen LogP contribution is 2.17. The van der Waals surface area contributed by atoms with Crippen LogP contribution in [0.4, 0.5) is 0 Å². The molecule has 27 heavy (non-hydrogen) atoms. The number of carbonyl (C=O) groups is 1. The van der Waals surface area contributed by atoms with Crippen molar-refractivity contribution in [3.63, 3.8) is 0 Å². The average molecular weight is 393 g/mol. The molecule has 0 atom stereocenters. The van der Waals surface area contributed by atoms with E-state index in [0.29, 0.717) is 12.1 Å². The standard InChI is InChI=1S/C19H28N4O3S/c1-27(25,26)19-21-17(16-10-4-9-15-23(16)19)18(24)20-11-5-2-6-12-22-13-7-3-8-14-22/h4,9-10,15H,2-3,5-8,11-14H2,1H3,(H,20,24). The predicted molar refractivity (Wildman–Crippen MR) is 105 cm³/mol. The first kappa shape index (κ1) is 19.8. The van der Waals surface area contributed by atoms with Gasteiger partial charge in [-0.3, -0.25) is 9.20 Å². The van der Waals surface area contributed by atoms with E-state index >= 15 is 0 Å². The molecule has 1 N–H and O–H groups in total. The molecule has 0 spiro atoms. The lowest BCUT2D eigenvalue weighted by Gasteiger charge is -2.26. The maximum absolute atomic E-state index is 12.5. The normalized spacial score (nSPS) is 15.9. The molecule has 0 aromatic carbocycles. The predicted octanol–water partition coefficient (Wildman–Crippen LogP) is 2.12. The van der Waals surface area contributed by atoms with Crippen LogP contribution in [-0.2, 0) is 9.84 Å². The lowest BCUT2D eigenvalue weighted by Crippen LogP contribution is -2.30. The number of hydrogen-bond acceptors (Lipinski definition) is 5. The van der Waals surface area contributed by atoms with Gasteiger partial charge in [0.15, 0.2) is 5.69 Å². The molecule has 0 radical (unpaired) electrons. The fourth-order valence-electron chi connectivity index (χ4n) is 3.54. The first-order valence-corrected chi connectivity index (χ1v) is 11.5. The number of sulfone groups is 1. The number of carbonyl (C=O) groups excluding carboxylic acids is 1. The van der Waals surface area contributed by atoms with Gasteiger partial charge in [0.2, 0.25) is 15.0 Å². The molecule has 8 heteroatoms. The molecule has 0 aliphatic carbocycles. The molecule has 1 amide bonds. The van der Waals surface area contributed by atoms with Gasteiger partial charge in [0.25, 0.3) is 5.91 Å². The number of pyridine rings is 1. The van der Waals surface area contributed by atoms with Crippen LogP contribution in [0.2, 0.25) is 0 Å². The Morgan fingerprint density at radius 1 is 1.15 bits per heavy atom. The molecule has 0 bridgehead atoms. The molecular formula is C19H28N4O3S. The summed E-state index contributed by atoms with van der Waals surface area (Å²) in [7, 11) is -3.52.